The molecule has 3 rings (SSSR count). The van der Waals surface area contributed by atoms with Crippen molar-refractivity contribution in [3.05, 3.63) is 59.9 Å². The van der Waals surface area contributed by atoms with E-state index in [1.165, 1.54) is 17.5 Å². The van der Waals surface area contributed by atoms with E-state index in [0.29, 0.717) is 6.42 Å². The molecule has 1 aliphatic carbocycles. The highest BCUT2D eigenvalue weighted by atomic mass is 32.2. The number of rotatable bonds is 7. The van der Waals surface area contributed by atoms with Crippen molar-refractivity contribution in [1.29, 1.82) is 0 Å². The van der Waals surface area contributed by atoms with E-state index >= 15 is 0 Å². The average Bonchev–Trinajstić information content (AvgIpc) is 2.76. The smallest absolute Gasteiger partial charge is 0.120 e. The summed E-state index contributed by atoms with van der Waals surface area (Å²) >= 11 is 1.78. The molecule has 1 heterocycles. The molecule has 1 aromatic heterocycles. The van der Waals surface area contributed by atoms with Crippen molar-refractivity contribution in [3.63, 3.8) is 0 Å². The fraction of sp³-hybridized carbons (Fsp3) is 0.435. The third kappa shape index (κ3) is 4.30. The van der Waals surface area contributed by atoms with Crippen molar-refractivity contribution in [3.8, 4) is 5.75 Å². The lowest BCUT2D eigenvalue weighted by molar-refractivity contribution is -0.109. The molecule has 0 spiro atoms. The van der Waals surface area contributed by atoms with Gasteiger partial charge >= 0.3 is 0 Å². The number of aromatic nitrogens is 1. The quantitative estimate of drug-likeness (QED) is 0.372. The number of methoxy groups -OCH3 is 1. The van der Waals surface area contributed by atoms with Crippen LogP contribution in [0.5, 0.6) is 5.75 Å². The van der Waals surface area contributed by atoms with Gasteiger partial charge in [0.2, 0.25) is 0 Å². The summed E-state index contributed by atoms with van der Waals surface area (Å²) in [5.41, 5.74) is 2.19. The van der Waals surface area contributed by atoms with Crippen LogP contribution < -0.4 is 4.74 Å². The van der Waals surface area contributed by atoms with Crippen LogP contribution in [0.15, 0.2) is 53.8 Å². The molecule has 0 bridgehead atoms. The number of hydrogen-bond donors (Lipinski definition) is 0. The van der Waals surface area contributed by atoms with Crippen LogP contribution in [0, 0.1) is 5.92 Å². The zero-order valence-electron chi connectivity index (χ0n) is 16.6. The van der Waals surface area contributed by atoms with Gasteiger partial charge in [-0.05, 0) is 48.1 Å². The fourth-order valence-electron chi connectivity index (χ4n) is 4.36. The molecule has 1 aliphatic rings. The SMILES string of the molecule is CN=C(SCc1ccc(OC)cc1)[C@@]1(c2cccnc2)CCCC[C@@H]1CC=O. The largest absolute Gasteiger partial charge is 0.497 e. The van der Waals surface area contributed by atoms with Gasteiger partial charge in [0, 0.05) is 37.0 Å². The molecule has 2 atom stereocenters. The lowest BCUT2D eigenvalue weighted by atomic mass is 9.62. The van der Waals surface area contributed by atoms with Crippen LogP contribution in [-0.4, -0.2) is 30.5 Å². The number of carbonyl (C=O) groups is 1. The Bertz CT molecular complexity index is 792. The standard InChI is InChI=1S/C23H28N2O2S/c1-24-22(28-17-18-8-10-21(27-2)11-9-18)23(20-7-5-14-25-16-20)13-4-3-6-19(23)12-15-26/h5,7-11,14-16,19H,3-4,6,12-13,17H2,1-2H3/t19-,23+/m1/s1. The van der Waals surface area contributed by atoms with Crippen LogP contribution in [0.4, 0.5) is 0 Å². The van der Waals surface area contributed by atoms with E-state index in [1.54, 1.807) is 18.9 Å². The van der Waals surface area contributed by atoms with Gasteiger partial charge in [0.1, 0.15) is 12.0 Å². The third-order valence-corrected chi connectivity index (χ3v) is 7.05. The maximum atomic E-state index is 11.5. The van der Waals surface area contributed by atoms with E-state index in [-0.39, 0.29) is 11.3 Å². The van der Waals surface area contributed by atoms with Crippen molar-refractivity contribution in [2.45, 2.75) is 43.3 Å². The highest BCUT2D eigenvalue weighted by molar-refractivity contribution is 8.13. The van der Waals surface area contributed by atoms with Crippen LogP contribution >= 0.6 is 11.8 Å². The molecule has 0 unspecified atom stereocenters. The molecular weight excluding hydrogens is 368 g/mol. The van der Waals surface area contributed by atoms with E-state index in [0.717, 1.165) is 42.1 Å². The topological polar surface area (TPSA) is 51.6 Å². The number of benzene rings is 1. The Morgan fingerprint density at radius 3 is 2.79 bits per heavy atom. The van der Waals surface area contributed by atoms with E-state index in [2.05, 4.69) is 23.2 Å². The molecule has 0 saturated heterocycles. The molecule has 0 radical (unpaired) electrons. The molecule has 2 aromatic rings. The second-order valence-corrected chi connectivity index (χ2v) is 8.19. The first kappa shape index (κ1) is 20.6. The molecule has 28 heavy (non-hydrogen) atoms. The predicted octanol–water partition coefficient (Wildman–Crippen LogP) is 5.07. The van der Waals surface area contributed by atoms with Crippen LogP contribution in [0.2, 0.25) is 0 Å². The Balaban J connectivity index is 1.91. The van der Waals surface area contributed by atoms with Gasteiger partial charge < -0.3 is 9.53 Å². The summed E-state index contributed by atoms with van der Waals surface area (Å²) in [5.74, 6) is 1.97. The van der Waals surface area contributed by atoms with Gasteiger partial charge in [0.15, 0.2) is 0 Å². The van der Waals surface area contributed by atoms with Gasteiger partial charge in [-0.25, -0.2) is 0 Å². The number of pyridine rings is 1. The summed E-state index contributed by atoms with van der Waals surface area (Å²) in [6, 6.07) is 12.3. The number of hydrogen-bond acceptors (Lipinski definition) is 5. The highest BCUT2D eigenvalue weighted by Crippen LogP contribution is 2.48. The number of ether oxygens (including phenoxy) is 1. The molecular formula is C23H28N2O2S. The second kappa shape index (κ2) is 9.87. The van der Waals surface area contributed by atoms with Crippen molar-refractivity contribution < 1.29 is 9.53 Å². The minimum absolute atomic E-state index is 0.223. The summed E-state index contributed by atoms with van der Waals surface area (Å²) < 4.78 is 5.26. The van der Waals surface area contributed by atoms with Crippen LogP contribution in [0.25, 0.3) is 0 Å². The summed E-state index contributed by atoms with van der Waals surface area (Å²) in [6.45, 7) is 0. The minimum Gasteiger partial charge on any atom is -0.497 e. The Kier molecular flexibility index (Phi) is 7.26. The van der Waals surface area contributed by atoms with E-state index < -0.39 is 0 Å². The number of nitrogens with zero attached hydrogens (tertiary/aromatic N) is 2. The first-order valence-corrected chi connectivity index (χ1v) is 10.8. The van der Waals surface area contributed by atoms with E-state index in [4.69, 9.17) is 9.73 Å². The van der Waals surface area contributed by atoms with E-state index in [9.17, 15) is 4.79 Å². The van der Waals surface area contributed by atoms with Gasteiger partial charge in [-0.15, -0.1) is 11.8 Å². The Hall–Kier alpha value is -2.14. The fourth-order valence-corrected chi connectivity index (χ4v) is 5.63. The highest BCUT2D eigenvalue weighted by Gasteiger charge is 2.46. The second-order valence-electron chi connectivity index (χ2n) is 7.22. The Morgan fingerprint density at radius 1 is 1.32 bits per heavy atom. The first-order valence-electron chi connectivity index (χ1n) is 9.81. The summed E-state index contributed by atoms with van der Waals surface area (Å²) in [5, 5.41) is 1.11. The van der Waals surface area contributed by atoms with Crippen molar-refractivity contribution in [2.24, 2.45) is 10.9 Å². The van der Waals surface area contributed by atoms with Gasteiger partial charge in [0.25, 0.3) is 0 Å². The maximum Gasteiger partial charge on any atom is 0.120 e. The van der Waals surface area contributed by atoms with Crippen LogP contribution in [0.3, 0.4) is 0 Å². The normalized spacial score (nSPS) is 22.6. The van der Waals surface area contributed by atoms with E-state index in [1.807, 2.05) is 37.6 Å². The molecule has 0 aliphatic heterocycles. The molecule has 1 aromatic carbocycles. The summed E-state index contributed by atoms with van der Waals surface area (Å²) in [4.78, 5) is 20.6. The average molecular weight is 397 g/mol. The van der Waals surface area contributed by atoms with Gasteiger partial charge in [0.05, 0.1) is 12.2 Å². The maximum absolute atomic E-state index is 11.5. The van der Waals surface area contributed by atoms with Crippen LogP contribution in [-0.2, 0) is 16.0 Å². The van der Waals surface area contributed by atoms with Crippen molar-refractivity contribution >= 4 is 23.1 Å². The van der Waals surface area contributed by atoms with Gasteiger partial charge in [-0.2, -0.15) is 0 Å². The Labute approximate surface area is 171 Å². The molecule has 148 valence electrons. The Morgan fingerprint density at radius 2 is 2.14 bits per heavy atom. The summed E-state index contributed by atoms with van der Waals surface area (Å²) in [7, 11) is 3.56. The minimum atomic E-state index is -0.223. The molecule has 0 N–H and O–H groups in total. The zero-order valence-corrected chi connectivity index (χ0v) is 17.5. The molecule has 4 nitrogen and oxygen atoms in total. The number of thioether (sulfide) groups is 1. The predicted molar refractivity (Wildman–Crippen MR) is 116 cm³/mol. The van der Waals surface area contributed by atoms with Gasteiger partial charge in [-0.1, -0.05) is 31.0 Å². The lowest BCUT2D eigenvalue weighted by Crippen LogP contribution is -2.44. The zero-order chi connectivity index (χ0) is 19.8. The summed E-state index contributed by atoms with van der Waals surface area (Å²) in [6.07, 6.45) is 9.78. The third-order valence-electron chi connectivity index (χ3n) is 5.75. The van der Waals surface area contributed by atoms with Crippen molar-refractivity contribution in [2.75, 3.05) is 14.2 Å². The number of carbonyl (C=O) groups excluding carboxylic acids is 1. The van der Waals surface area contributed by atoms with Crippen LogP contribution in [0.1, 0.15) is 43.2 Å². The van der Waals surface area contributed by atoms with Crippen molar-refractivity contribution in [1.82, 2.24) is 4.98 Å². The van der Waals surface area contributed by atoms with Gasteiger partial charge in [-0.3, -0.25) is 9.98 Å². The monoisotopic (exact) mass is 396 g/mol. The molecule has 1 fully saturated rings. The lowest BCUT2D eigenvalue weighted by Gasteiger charge is -2.44. The molecule has 0 amide bonds. The molecule has 5 heteroatoms. The number of aliphatic imine (C=N–C) groups is 1. The number of aldehydes is 1. The first-order chi connectivity index (χ1) is 13.7. The molecule has 1 saturated carbocycles.